The van der Waals surface area contributed by atoms with Gasteiger partial charge in [-0.05, 0) is 57.7 Å². The van der Waals surface area contributed by atoms with Crippen LogP contribution in [0.15, 0.2) is 48.5 Å². The molecule has 0 aromatic heterocycles. The Morgan fingerprint density at radius 1 is 1.00 bits per heavy atom. The topological polar surface area (TPSA) is 105 Å². The fraction of sp³-hybridized carbons (Fsp3) is 0.517. The highest BCUT2D eigenvalue weighted by Crippen LogP contribution is 2.34. The van der Waals surface area contributed by atoms with E-state index in [4.69, 9.17) is 9.47 Å². The molecule has 0 aliphatic carbocycles. The van der Waals surface area contributed by atoms with Gasteiger partial charge in [-0.2, -0.15) is 0 Å². The van der Waals surface area contributed by atoms with E-state index >= 15 is 0 Å². The van der Waals surface area contributed by atoms with Crippen molar-refractivity contribution in [1.82, 2.24) is 10.2 Å². The minimum Gasteiger partial charge on any atom is -0.486 e. The summed E-state index contributed by atoms with van der Waals surface area (Å²) in [6.07, 6.45) is 2.61. The Balaban J connectivity index is 1.74. The van der Waals surface area contributed by atoms with E-state index in [2.05, 4.69) is 5.32 Å². The van der Waals surface area contributed by atoms with Gasteiger partial charge in [0.2, 0.25) is 21.8 Å². The Morgan fingerprint density at radius 3 is 2.28 bits per heavy atom. The first-order valence-corrected chi connectivity index (χ1v) is 15.3. The summed E-state index contributed by atoms with van der Waals surface area (Å²) in [4.78, 5) is 28.3. The number of benzene rings is 2. The van der Waals surface area contributed by atoms with Gasteiger partial charge in [-0.1, -0.05) is 37.3 Å². The second-order valence-electron chi connectivity index (χ2n) is 10.8. The standard InChI is InChI=1S/C29H41N3O6S/c1-6-24(28(34)30-29(2,3)4)31(18-16-22-11-8-7-9-12-22)27(33)13-10-17-32(39(5,35)36)23-14-15-25-26(21-23)38-20-19-37-25/h7-9,11-12,14-15,21,24H,6,10,13,16-20H2,1-5H3,(H,30,34)/t24-/m0/s1. The molecule has 0 fully saturated rings. The summed E-state index contributed by atoms with van der Waals surface area (Å²) in [5.74, 6) is 0.686. The maximum Gasteiger partial charge on any atom is 0.243 e. The quantitative estimate of drug-likeness (QED) is 0.425. The predicted octanol–water partition coefficient (Wildman–Crippen LogP) is 3.77. The first kappa shape index (κ1) is 30.3. The highest BCUT2D eigenvalue weighted by molar-refractivity contribution is 7.92. The van der Waals surface area contributed by atoms with Crippen molar-refractivity contribution < 1.29 is 27.5 Å². The van der Waals surface area contributed by atoms with Gasteiger partial charge in [0.25, 0.3) is 0 Å². The van der Waals surface area contributed by atoms with Gasteiger partial charge in [0.15, 0.2) is 11.5 Å². The van der Waals surface area contributed by atoms with Crippen molar-refractivity contribution in [2.75, 3.05) is 36.9 Å². The second kappa shape index (κ2) is 13.2. The van der Waals surface area contributed by atoms with Crippen LogP contribution in [-0.2, 0) is 26.0 Å². The molecule has 0 saturated carbocycles. The van der Waals surface area contributed by atoms with E-state index in [1.165, 1.54) is 4.31 Å². The zero-order chi connectivity index (χ0) is 28.6. The van der Waals surface area contributed by atoms with E-state index in [0.29, 0.717) is 56.2 Å². The molecule has 214 valence electrons. The van der Waals surface area contributed by atoms with E-state index in [9.17, 15) is 18.0 Å². The first-order valence-electron chi connectivity index (χ1n) is 13.4. The molecule has 39 heavy (non-hydrogen) atoms. The molecule has 2 aromatic carbocycles. The molecule has 0 bridgehead atoms. The minimum atomic E-state index is -3.62. The van der Waals surface area contributed by atoms with Crippen LogP contribution in [0, 0.1) is 0 Å². The first-order chi connectivity index (χ1) is 18.4. The normalized spacial score (nSPS) is 13.9. The summed E-state index contributed by atoms with van der Waals surface area (Å²) in [5.41, 5.74) is 1.09. The number of ether oxygens (including phenoxy) is 2. The van der Waals surface area contributed by atoms with Crippen molar-refractivity contribution in [3.8, 4) is 11.5 Å². The maximum atomic E-state index is 13.5. The van der Waals surface area contributed by atoms with Crippen molar-refractivity contribution >= 4 is 27.5 Å². The molecule has 1 aliphatic heterocycles. The molecular formula is C29H41N3O6S. The summed E-state index contributed by atoms with van der Waals surface area (Å²) in [6.45, 7) is 8.95. The van der Waals surface area contributed by atoms with Crippen molar-refractivity contribution in [2.45, 2.75) is 65.0 Å². The number of nitrogens with zero attached hydrogens (tertiary/aromatic N) is 2. The number of carbonyl (C=O) groups excluding carboxylic acids is 2. The number of nitrogens with one attached hydrogen (secondary N) is 1. The summed E-state index contributed by atoms with van der Waals surface area (Å²) >= 11 is 0. The Labute approximate surface area is 232 Å². The van der Waals surface area contributed by atoms with Gasteiger partial charge in [-0.15, -0.1) is 0 Å². The fourth-order valence-electron chi connectivity index (χ4n) is 4.54. The van der Waals surface area contributed by atoms with E-state index in [0.717, 1.165) is 11.8 Å². The van der Waals surface area contributed by atoms with E-state index in [-0.39, 0.29) is 24.8 Å². The number of fused-ring (bicyclic) bond motifs is 1. The van der Waals surface area contributed by atoms with Crippen LogP contribution in [-0.4, -0.2) is 69.3 Å². The Bertz CT molecular complexity index is 1230. The fourth-order valence-corrected chi connectivity index (χ4v) is 5.50. The maximum absolute atomic E-state index is 13.5. The van der Waals surface area contributed by atoms with Crippen LogP contribution >= 0.6 is 0 Å². The van der Waals surface area contributed by atoms with Crippen molar-refractivity contribution in [2.24, 2.45) is 0 Å². The molecule has 0 unspecified atom stereocenters. The smallest absolute Gasteiger partial charge is 0.243 e. The highest BCUT2D eigenvalue weighted by atomic mass is 32.2. The zero-order valence-electron chi connectivity index (χ0n) is 23.6. The third-order valence-electron chi connectivity index (χ3n) is 6.33. The molecular weight excluding hydrogens is 518 g/mol. The van der Waals surface area contributed by atoms with Gasteiger partial charge >= 0.3 is 0 Å². The summed E-state index contributed by atoms with van der Waals surface area (Å²) < 4.78 is 37.7. The molecule has 0 spiro atoms. The molecule has 0 saturated heterocycles. The van der Waals surface area contributed by atoms with Crippen LogP contribution in [0.4, 0.5) is 5.69 Å². The summed E-state index contributed by atoms with van der Waals surface area (Å²) in [6, 6.07) is 14.2. The van der Waals surface area contributed by atoms with Gasteiger partial charge in [-0.3, -0.25) is 13.9 Å². The minimum absolute atomic E-state index is 0.102. The van der Waals surface area contributed by atoms with E-state index < -0.39 is 21.6 Å². The number of amides is 2. The molecule has 0 radical (unpaired) electrons. The number of anilines is 1. The van der Waals surface area contributed by atoms with Gasteiger partial charge in [0, 0.05) is 31.1 Å². The predicted molar refractivity (Wildman–Crippen MR) is 153 cm³/mol. The van der Waals surface area contributed by atoms with Crippen LogP contribution in [0.3, 0.4) is 0 Å². The Hall–Kier alpha value is -3.27. The molecule has 1 N–H and O–H groups in total. The average Bonchev–Trinajstić information content (AvgIpc) is 2.87. The number of rotatable bonds is 12. The van der Waals surface area contributed by atoms with Gasteiger partial charge < -0.3 is 19.7 Å². The SMILES string of the molecule is CC[C@@H](C(=O)NC(C)(C)C)N(CCc1ccccc1)C(=O)CCCN(c1ccc2c(c1)OCCO2)S(C)(=O)=O. The lowest BCUT2D eigenvalue weighted by Gasteiger charge is -2.33. The third kappa shape index (κ3) is 8.88. The van der Waals surface area contributed by atoms with Crippen LogP contribution < -0.4 is 19.1 Å². The van der Waals surface area contributed by atoms with Crippen molar-refractivity contribution in [3.63, 3.8) is 0 Å². The summed E-state index contributed by atoms with van der Waals surface area (Å²) in [5, 5.41) is 3.00. The molecule has 2 amide bonds. The summed E-state index contributed by atoms with van der Waals surface area (Å²) in [7, 11) is -3.62. The number of hydrogen-bond donors (Lipinski definition) is 1. The lowest BCUT2D eigenvalue weighted by molar-refractivity contribution is -0.141. The van der Waals surface area contributed by atoms with E-state index in [1.807, 2.05) is 58.0 Å². The average molecular weight is 560 g/mol. The van der Waals surface area contributed by atoms with Crippen LogP contribution in [0.5, 0.6) is 11.5 Å². The molecule has 2 aromatic rings. The second-order valence-corrected chi connectivity index (χ2v) is 12.7. The van der Waals surface area contributed by atoms with Gasteiger partial charge in [0.05, 0.1) is 11.9 Å². The van der Waals surface area contributed by atoms with Crippen LogP contribution in [0.25, 0.3) is 0 Å². The molecule has 1 atom stereocenters. The number of sulfonamides is 1. The number of carbonyl (C=O) groups is 2. The van der Waals surface area contributed by atoms with Crippen LogP contribution in [0.1, 0.15) is 52.5 Å². The molecule has 3 rings (SSSR count). The van der Waals surface area contributed by atoms with Crippen molar-refractivity contribution in [3.05, 3.63) is 54.1 Å². The monoisotopic (exact) mass is 559 g/mol. The van der Waals surface area contributed by atoms with Gasteiger partial charge in [0.1, 0.15) is 19.3 Å². The lowest BCUT2D eigenvalue weighted by atomic mass is 10.0. The van der Waals surface area contributed by atoms with Crippen LogP contribution in [0.2, 0.25) is 0 Å². The van der Waals surface area contributed by atoms with Crippen molar-refractivity contribution in [1.29, 1.82) is 0 Å². The number of hydrogen-bond acceptors (Lipinski definition) is 6. The molecule has 10 heteroatoms. The highest BCUT2D eigenvalue weighted by Gasteiger charge is 2.30. The lowest BCUT2D eigenvalue weighted by Crippen LogP contribution is -2.54. The van der Waals surface area contributed by atoms with Gasteiger partial charge in [-0.25, -0.2) is 8.42 Å². The zero-order valence-corrected chi connectivity index (χ0v) is 24.4. The molecule has 1 aliphatic rings. The van der Waals surface area contributed by atoms with E-state index in [1.54, 1.807) is 23.1 Å². The third-order valence-corrected chi connectivity index (χ3v) is 7.53. The molecule has 9 nitrogen and oxygen atoms in total. The molecule has 1 heterocycles. The Morgan fingerprint density at radius 2 is 1.67 bits per heavy atom. The Kier molecular flexibility index (Phi) is 10.2. The largest absolute Gasteiger partial charge is 0.486 e.